The minimum atomic E-state index is -4.24. The second kappa shape index (κ2) is 10.5. The van der Waals surface area contributed by atoms with Gasteiger partial charge >= 0.3 is 0 Å². The van der Waals surface area contributed by atoms with Crippen LogP contribution >= 0.6 is 11.3 Å². The Labute approximate surface area is 212 Å². The lowest BCUT2D eigenvalue weighted by Gasteiger charge is -2.36. The fraction of sp³-hybridized carbons (Fsp3) is 0.435. The summed E-state index contributed by atoms with van der Waals surface area (Å²) in [5, 5.41) is 2.82. The average molecular weight is 540 g/mol. The number of hydrogen-bond donors (Lipinski definition) is 2. The molecule has 2 aromatic rings. The minimum Gasteiger partial charge on any atom is -0.414 e. The molecule has 1 amide bonds. The van der Waals surface area contributed by atoms with Crippen molar-refractivity contribution in [3.63, 3.8) is 0 Å². The highest BCUT2D eigenvalue weighted by Gasteiger charge is 2.47. The van der Waals surface area contributed by atoms with Gasteiger partial charge < -0.3 is 19.6 Å². The molecular formula is C23H33N3O6S2Si. The van der Waals surface area contributed by atoms with Gasteiger partial charge in [0.15, 0.2) is 6.29 Å². The molecule has 0 saturated heterocycles. The number of ether oxygens (including phenoxy) is 2. The largest absolute Gasteiger partial charge is 0.414 e. The van der Waals surface area contributed by atoms with Crippen LogP contribution in [-0.4, -0.2) is 52.5 Å². The van der Waals surface area contributed by atoms with Crippen molar-refractivity contribution < 1.29 is 27.5 Å². The van der Waals surface area contributed by atoms with Gasteiger partial charge in [0, 0.05) is 18.4 Å². The van der Waals surface area contributed by atoms with Gasteiger partial charge in [0.1, 0.15) is 22.9 Å². The van der Waals surface area contributed by atoms with Gasteiger partial charge in [-0.3, -0.25) is 4.79 Å². The average Bonchev–Trinajstić information content (AvgIpc) is 3.39. The number of benzene rings is 1. The molecule has 0 fully saturated rings. The predicted molar refractivity (Wildman–Crippen MR) is 140 cm³/mol. The Kier molecular flexibility index (Phi) is 8.26. The molecule has 1 aliphatic rings. The molecule has 1 aliphatic heterocycles. The highest BCUT2D eigenvalue weighted by atomic mass is 32.2. The summed E-state index contributed by atoms with van der Waals surface area (Å²) in [6.45, 7) is 11.1. The van der Waals surface area contributed by atoms with Gasteiger partial charge in [0.05, 0.1) is 13.6 Å². The molecule has 0 radical (unpaired) electrons. The number of sulfonamides is 1. The van der Waals surface area contributed by atoms with E-state index < -0.39 is 36.0 Å². The second-order valence-corrected chi connectivity index (χ2v) is 17.9. The summed E-state index contributed by atoms with van der Waals surface area (Å²) in [7, 11) is -4.72. The molecular weight excluding hydrogens is 506 g/mol. The molecule has 0 saturated carbocycles. The first-order valence-corrected chi connectivity index (χ1v) is 16.8. The van der Waals surface area contributed by atoms with E-state index in [0.29, 0.717) is 11.3 Å². The van der Waals surface area contributed by atoms with Crippen molar-refractivity contribution >= 4 is 45.5 Å². The van der Waals surface area contributed by atoms with Crippen molar-refractivity contribution in [3.05, 3.63) is 53.8 Å². The van der Waals surface area contributed by atoms with E-state index in [-0.39, 0.29) is 16.5 Å². The summed E-state index contributed by atoms with van der Waals surface area (Å²) >= 11 is 1.14. The van der Waals surface area contributed by atoms with E-state index >= 15 is 0 Å². The van der Waals surface area contributed by atoms with E-state index in [0.717, 1.165) is 20.1 Å². The van der Waals surface area contributed by atoms with E-state index in [2.05, 4.69) is 30.4 Å². The first kappa shape index (κ1) is 27.5. The molecule has 192 valence electrons. The topological polar surface area (TPSA) is 106 Å². The SMILES string of the molecule is COC(C)OCN(C1(C)NOC=C1C)S(=O)(=O)c1sc([Si](C)(C)C)cc1C(=O)Nc1ccccc1. The van der Waals surface area contributed by atoms with E-state index in [9.17, 15) is 13.2 Å². The third kappa shape index (κ3) is 5.85. The number of rotatable bonds is 10. The van der Waals surface area contributed by atoms with Crippen molar-refractivity contribution in [2.24, 2.45) is 0 Å². The van der Waals surface area contributed by atoms with Crippen LogP contribution in [0.2, 0.25) is 19.6 Å². The van der Waals surface area contributed by atoms with Crippen LogP contribution in [0.1, 0.15) is 31.1 Å². The highest BCUT2D eigenvalue weighted by Crippen LogP contribution is 2.35. The van der Waals surface area contributed by atoms with Crippen LogP contribution in [0, 0.1) is 0 Å². The third-order valence-corrected chi connectivity index (χ3v) is 12.9. The van der Waals surface area contributed by atoms with Crippen molar-refractivity contribution in [2.45, 2.75) is 56.6 Å². The zero-order valence-corrected chi connectivity index (χ0v) is 23.7. The molecule has 0 spiro atoms. The van der Waals surface area contributed by atoms with Crippen molar-refractivity contribution in [1.82, 2.24) is 9.79 Å². The number of anilines is 1. The second-order valence-electron chi connectivity index (χ2n) is 9.43. The molecule has 2 N–H and O–H groups in total. The summed E-state index contributed by atoms with van der Waals surface area (Å²) < 4.78 is 41.3. The number of carbonyl (C=O) groups excluding carboxylic acids is 1. The van der Waals surface area contributed by atoms with Crippen LogP contribution in [0.4, 0.5) is 5.69 Å². The van der Waals surface area contributed by atoms with Gasteiger partial charge in [-0.25, -0.2) is 8.42 Å². The number of hydroxylamine groups is 1. The number of methoxy groups -OCH3 is 1. The Bertz CT molecular complexity index is 1190. The maximum Gasteiger partial charge on any atom is 0.257 e. The van der Waals surface area contributed by atoms with E-state index in [1.807, 2.05) is 6.07 Å². The Morgan fingerprint density at radius 1 is 1.29 bits per heavy atom. The summed E-state index contributed by atoms with van der Waals surface area (Å²) in [5.41, 5.74) is 2.85. The zero-order chi connectivity index (χ0) is 26.0. The van der Waals surface area contributed by atoms with Gasteiger partial charge in [0.2, 0.25) is 0 Å². The highest BCUT2D eigenvalue weighted by molar-refractivity contribution is 7.91. The van der Waals surface area contributed by atoms with Crippen LogP contribution in [0.25, 0.3) is 0 Å². The summed E-state index contributed by atoms with van der Waals surface area (Å²) in [5.74, 6) is -0.491. The van der Waals surface area contributed by atoms with Gasteiger partial charge in [-0.2, -0.15) is 0 Å². The lowest BCUT2D eigenvalue weighted by Crippen LogP contribution is -2.57. The first-order chi connectivity index (χ1) is 16.3. The minimum absolute atomic E-state index is 0.0419. The van der Waals surface area contributed by atoms with Crippen LogP contribution in [0.15, 0.2) is 52.4 Å². The number of para-hydroxylation sites is 1. The fourth-order valence-electron chi connectivity index (χ4n) is 3.27. The van der Waals surface area contributed by atoms with Gasteiger partial charge in [-0.15, -0.1) is 21.1 Å². The lowest BCUT2D eigenvalue weighted by molar-refractivity contribution is -0.142. The quantitative estimate of drug-likeness (QED) is 0.351. The molecule has 2 unspecified atom stereocenters. The molecule has 2 atom stereocenters. The number of hydrogen-bond acceptors (Lipinski definition) is 8. The third-order valence-electron chi connectivity index (χ3n) is 5.76. The zero-order valence-electron chi connectivity index (χ0n) is 21.0. The van der Waals surface area contributed by atoms with E-state index in [1.165, 1.54) is 13.4 Å². The molecule has 0 aliphatic carbocycles. The Hall–Kier alpha value is -2.06. The van der Waals surface area contributed by atoms with Crippen LogP contribution in [-0.2, 0) is 24.3 Å². The first-order valence-electron chi connectivity index (χ1n) is 11.1. The van der Waals surface area contributed by atoms with Crippen LogP contribution in [0.5, 0.6) is 0 Å². The molecule has 1 aromatic heterocycles. The number of thiophene rings is 1. The maximum absolute atomic E-state index is 14.2. The van der Waals surface area contributed by atoms with Crippen molar-refractivity contribution in [1.29, 1.82) is 0 Å². The van der Waals surface area contributed by atoms with Gasteiger partial charge in [-0.05, 0) is 43.5 Å². The molecule has 9 nitrogen and oxygen atoms in total. The summed E-state index contributed by atoms with van der Waals surface area (Å²) in [6, 6.07) is 10.6. The lowest BCUT2D eigenvalue weighted by atomic mass is 10.1. The number of carbonyl (C=O) groups is 1. The normalized spacial score (nSPS) is 19.4. The maximum atomic E-state index is 14.2. The fourth-order valence-corrected chi connectivity index (χ4v) is 8.69. The monoisotopic (exact) mass is 539 g/mol. The van der Waals surface area contributed by atoms with Crippen LogP contribution in [0.3, 0.4) is 0 Å². The Balaban J connectivity index is 2.12. The molecule has 12 heteroatoms. The molecule has 35 heavy (non-hydrogen) atoms. The summed E-state index contributed by atoms with van der Waals surface area (Å²) in [4.78, 5) is 18.6. The van der Waals surface area contributed by atoms with Crippen molar-refractivity contribution in [2.75, 3.05) is 19.2 Å². The van der Waals surface area contributed by atoms with E-state index in [1.54, 1.807) is 51.1 Å². The molecule has 1 aromatic carbocycles. The number of amides is 1. The van der Waals surface area contributed by atoms with E-state index in [4.69, 9.17) is 14.3 Å². The smallest absolute Gasteiger partial charge is 0.257 e. The molecule has 0 bridgehead atoms. The van der Waals surface area contributed by atoms with Crippen molar-refractivity contribution in [3.8, 4) is 0 Å². The Morgan fingerprint density at radius 2 is 1.94 bits per heavy atom. The Morgan fingerprint density at radius 3 is 2.49 bits per heavy atom. The molecule has 3 rings (SSSR count). The number of nitrogens with one attached hydrogen (secondary N) is 2. The van der Waals surface area contributed by atoms with Gasteiger partial charge in [0.25, 0.3) is 15.9 Å². The van der Waals surface area contributed by atoms with Gasteiger partial charge in [-0.1, -0.05) is 37.8 Å². The summed E-state index contributed by atoms with van der Waals surface area (Å²) in [6.07, 6.45) is 0.803. The standard InChI is InChI=1S/C23H33N3O6S2Si/c1-16-14-32-25-23(16,3)26(15-31-17(2)30-4)34(28,29)22-19(13-20(33-22)35(5,6)7)21(27)24-18-11-9-8-10-12-18/h8-14,17,25H,15H2,1-7H3,(H,24,27). The van der Waals surface area contributed by atoms with Crippen LogP contribution < -0.4 is 15.3 Å². The molecule has 2 heterocycles. The number of nitrogens with zero attached hydrogens (tertiary/aromatic N) is 1. The predicted octanol–water partition coefficient (Wildman–Crippen LogP) is 3.66.